The number of hydrogen-bond donors (Lipinski definition) is 3. The molecular formula is C17H18ClN3O2. The number of aryl methyl sites for hydroxylation is 1. The van der Waals surface area contributed by atoms with Crippen molar-refractivity contribution in [3.8, 4) is 0 Å². The van der Waals surface area contributed by atoms with Crippen LogP contribution in [0, 0.1) is 6.92 Å². The monoisotopic (exact) mass is 331 g/mol. The zero-order chi connectivity index (χ0) is 16.8. The van der Waals surface area contributed by atoms with Crippen LogP contribution in [-0.2, 0) is 4.79 Å². The van der Waals surface area contributed by atoms with Crippen molar-refractivity contribution in [2.45, 2.75) is 13.3 Å². The molecule has 0 fully saturated rings. The van der Waals surface area contributed by atoms with Crippen molar-refractivity contribution in [3.63, 3.8) is 0 Å². The number of hydrogen-bond acceptors (Lipinski definition) is 3. The predicted octanol–water partition coefficient (Wildman–Crippen LogP) is 3.19. The molecule has 0 aliphatic heterocycles. The van der Waals surface area contributed by atoms with E-state index in [2.05, 4.69) is 10.6 Å². The van der Waals surface area contributed by atoms with Gasteiger partial charge in [0.05, 0.1) is 10.7 Å². The highest BCUT2D eigenvalue weighted by Gasteiger charge is 2.10. The van der Waals surface area contributed by atoms with Crippen LogP contribution in [0.3, 0.4) is 0 Å². The molecule has 23 heavy (non-hydrogen) atoms. The van der Waals surface area contributed by atoms with Crippen LogP contribution in [0.15, 0.2) is 42.5 Å². The number of carbonyl (C=O) groups is 2. The molecule has 0 radical (unpaired) electrons. The predicted molar refractivity (Wildman–Crippen MR) is 92.9 cm³/mol. The SMILES string of the molecule is Cc1cccc(C(=O)Nc2ccc(Cl)c(NC(=O)CCN)c2)c1. The van der Waals surface area contributed by atoms with Gasteiger partial charge in [0.1, 0.15) is 0 Å². The lowest BCUT2D eigenvalue weighted by Gasteiger charge is -2.10. The zero-order valence-electron chi connectivity index (χ0n) is 12.7. The molecule has 0 saturated carbocycles. The second-order valence-corrected chi connectivity index (χ2v) is 5.51. The average Bonchev–Trinajstić information content (AvgIpc) is 2.51. The maximum Gasteiger partial charge on any atom is 0.255 e. The number of amides is 2. The zero-order valence-corrected chi connectivity index (χ0v) is 13.5. The third kappa shape index (κ3) is 4.81. The number of rotatable bonds is 5. The average molecular weight is 332 g/mol. The fourth-order valence-electron chi connectivity index (χ4n) is 2.03. The Hall–Kier alpha value is -2.37. The van der Waals surface area contributed by atoms with Crippen molar-refractivity contribution in [2.75, 3.05) is 17.2 Å². The van der Waals surface area contributed by atoms with Gasteiger partial charge in [-0.3, -0.25) is 9.59 Å². The molecule has 2 aromatic rings. The van der Waals surface area contributed by atoms with Crippen molar-refractivity contribution in [1.82, 2.24) is 0 Å². The first kappa shape index (κ1) is 17.0. The summed E-state index contributed by atoms with van der Waals surface area (Å²) in [6.45, 7) is 2.18. The quantitative estimate of drug-likeness (QED) is 0.786. The highest BCUT2D eigenvalue weighted by Crippen LogP contribution is 2.26. The Kier molecular flexibility index (Phi) is 5.73. The molecule has 5 nitrogen and oxygen atoms in total. The van der Waals surface area contributed by atoms with Gasteiger partial charge in [-0.1, -0.05) is 29.3 Å². The molecule has 4 N–H and O–H groups in total. The molecule has 0 aromatic heterocycles. The van der Waals surface area contributed by atoms with Crippen molar-refractivity contribution in [2.24, 2.45) is 5.73 Å². The highest BCUT2D eigenvalue weighted by atomic mass is 35.5. The summed E-state index contributed by atoms with van der Waals surface area (Å²) in [5.41, 5.74) is 7.89. The first-order chi connectivity index (χ1) is 11.0. The van der Waals surface area contributed by atoms with E-state index in [0.29, 0.717) is 22.0 Å². The normalized spacial score (nSPS) is 10.2. The Morgan fingerprint density at radius 2 is 1.91 bits per heavy atom. The number of halogens is 1. The van der Waals surface area contributed by atoms with E-state index < -0.39 is 0 Å². The Morgan fingerprint density at radius 3 is 2.61 bits per heavy atom. The van der Waals surface area contributed by atoms with Crippen LogP contribution in [0.4, 0.5) is 11.4 Å². The minimum Gasteiger partial charge on any atom is -0.330 e. The molecule has 2 rings (SSSR count). The first-order valence-electron chi connectivity index (χ1n) is 7.17. The summed E-state index contributed by atoms with van der Waals surface area (Å²) >= 11 is 6.06. The van der Waals surface area contributed by atoms with Crippen LogP contribution in [0.1, 0.15) is 22.3 Å². The number of carbonyl (C=O) groups excluding carboxylic acids is 2. The Morgan fingerprint density at radius 1 is 1.13 bits per heavy atom. The van der Waals surface area contributed by atoms with E-state index in [1.54, 1.807) is 30.3 Å². The molecule has 0 heterocycles. The van der Waals surface area contributed by atoms with E-state index in [1.165, 1.54) is 0 Å². The van der Waals surface area contributed by atoms with Crippen LogP contribution in [0.2, 0.25) is 5.02 Å². The number of anilines is 2. The topological polar surface area (TPSA) is 84.2 Å². The van der Waals surface area contributed by atoms with E-state index in [-0.39, 0.29) is 24.8 Å². The van der Waals surface area contributed by atoms with Gasteiger partial charge >= 0.3 is 0 Å². The molecule has 0 atom stereocenters. The summed E-state index contributed by atoms with van der Waals surface area (Å²) in [6, 6.07) is 12.2. The molecule has 0 bridgehead atoms. The maximum absolute atomic E-state index is 12.2. The highest BCUT2D eigenvalue weighted by molar-refractivity contribution is 6.33. The van der Waals surface area contributed by atoms with E-state index in [0.717, 1.165) is 5.56 Å². The van der Waals surface area contributed by atoms with Crippen molar-refractivity contribution in [3.05, 3.63) is 58.6 Å². The fraction of sp³-hybridized carbons (Fsp3) is 0.176. The van der Waals surface area contributed by atoms with Gasteiger partial charge < -0.3 is 16.4 Å². The van der Waals surface area contributed by atoms with Crippen LogP contribution in [0.25, 0.3) is 0 Å². The van der Waals surface area contributed by atoms with Gasteiger partial charge in [-0.05, 0) is 37.3 Å². The minimum atomic E-state index is -0.227. The number of nitrogens with one attached hydrogen (secondary N) is 2. The Bertz CT molecular complexity index is 732. The number of benzene rings is 2. The lowest BCUT2D eigenvalue weighted by molar-refractivity contribution is -0.116. The van der Waals surface area contributed by atoms with E-state index >= 15 is 0 Å². The van der Waals surface area contributed by atoms with Gasteiger partial charge in [-0.15, -0.1) is 0 Å². The second kappa shape index (κ2) is 7.76. The molecule has 0 saturated heterocycles. The van der Waals surface area contributed by atoms with Gasteiger partial charge in [0.15, 0.2) is 0 Å². The van der Waals surface area contributed by atoms with Crippen molar-refractivity contribution >= 4 is 34.8 Å². The summed E-state index contributed by atoms with van der Waals surface area (Å²) in [7, 11) is 0. The van der Waals surface area contributed by atoms with E-state index in [4.69, 9.17) is 17.3 Å². The first-order valence-corrected chi connectivity index (χ1v) is 7.55. The van der Waals surface area contributed by atoms with Gasteiger partial charge in [-0.25, -0.2) is 0 Å². The Balaban J connectivity index is 2.14. The van der Waals surface area contributed by atoms with Crippen LogP contribution >= 0.6 is 11.6 Å². The smallest absolute Gasteiger partial charge is 0.255 e. The Labute approximate surface area is 139 Å². The molecule has 120 valence electrons. The van der Waals surface area contributed by atoms with Crippen LogP contribution in [-0.4, -0.2) is 18.4 Å². The third-order valence-corrected chi connectivity index (χ3v) is 3.48. The molecule has 0 unspecified atom stereocenters. The summed E-state index contributed by atoms with van der Waals surface area (Å²) in [4.78, 5) is 23.9. The largest absolute Gasteiger partial charge is 0.330 e. The van der Waals surface area contributed by atoms with Crippen LogP contribution < -0.4 is 16.4 Å². The molecule has 2 amide bonds. The summed E-state index contributed by atoms with van der Waals surface area (Å²) < 4.78 is 0. The third-order valence-electron chi connectivity index (χ3n) is 3.15. The van der Waals surface area contributed by atoms with Gasteiger partial charge in [0, 0.05) is 24.2 Å². The molecular weight excluding hydrogens is 314 g/mol. The minimum absolute atomic E-state index is 0.205. The molecule has 6 heteroatoms. The van der Waals surface area contributed by atoms with Gasteiger partial charge in [0.2, 0.25) is 5.91 Å². The fourth-order valence-corrected chi connectivity index (χ4v) is 2.20. The second-order valence-electron chi connectivity index (χ2n) is 5.11. The van der Waals surface area contributed by atoms with Crippen LogP contribution in [0.5, 0.6) is 0 Å². The summed E-state index contributed by atoms with van der Waals surface area (Å²) in [6.07, 6.45) is 0.205. The van der Waals surface area contributed by atoms with E-state index in [1.807, 2.05) is 19.1 Å². The van der Waals surface area contributed by atoms with Gasteiger partial charge in [-0.2, -0.15) is 0 Å². The molecule has 0 aliphatic carbocycles. The molecule has 2 aromatic carbocycles. The lowest BCUT2D eigenvalue weighted by Crippen LogP contribution is -2.17. The summed E-state index contributed by atoms with van der Waals surface area (Å²) in [5.74, 6) is -0.452. The van der Waals surface area contributed by atoms with E-state index in [9.17, 15) is 9.59 Å². The van der Waals surface area contributed by atoms with Crippen molar-refractivity contribution in [1.29, 1.82) is 0 Å². The standard InChI is InChI=1S/C17H18ClN3O2/c1-11-3-2-4-12(9-11)17(23)20-13-5-6-14(18)15(10-13)21-16(22)7-8-19/h2-6,9-10H,7-8,19H2,1H3,(H,20,23)(H,21,22). The van der Waals surface area contributed by atoms with Gasteiger partial charge in [0.25, 0.3) is 5.91 Å². The molecule has 0 aliphatic rings. The summed E-state index contributed by atoms with van der Waals surface area (Å²) in [5, 5.41) is 5.85. The lowest BCUT2D eigenvalue weighted by atomic mass is 10.1. The number of nitrogens with two attached hydrogens (primary N) is 1. The molecule has 0 spiro atoms. The maximum atomic E-state index is 12.2. The van der Waals surface area contributed by atoms with Crippen molar-refractivity contribution < 1.29 is 9.59 Å².